The Balaban J connectivity index is 2.26. The van der Waals surface area contributed by atoms with Crippen LogP contribution in [0.3, 0.4) is 0 Å². The molecule has 1 N–H and O–H groups in total. The molecule has 1 rings (SSSR count). The van der Waals surface area contributed by atoms with Gasteiger partial charge in [-0.2, -0.15) is 0 Å². The van der Waals surface area contributed by atoms with Crippen LogP contribution >= 0.6 is 0 Å². The van der Waals surface area contributed by atoms with Gasteiger partial charge in [0.25, 0.3) is 0 Å². The normalized spacial score (nSPS) is 21.1. The number of nitrogens with zero attached hydrogens (tertiary/aromatic N) is 1. The van der Waals surface area contributed by atoms with E-state index in [1.165, 1.54) is 0 Å². The minimum atomic E-state index is -1.01. The highest BCUT2D eigenvalue weighted by Crippen LogP contribution is 2.04. The van der Waals surface area contributed by atoms with Crippen molar-refractivity contribution in [3.05, 3.63) is 0 Å². The van der Waals surface area contributed by atoms with Gasteiger partial charge in [0.2, 0.25) is 6.61 Å². The van der Waals surface area contributed by atoms with Crippen molar-refractivity contribution in [3.8, 4) is 0 Å². The number of oxime groups is 1. The van der Waals surface area contributed by atoms with Crippen molar-refractivity contribution in [2.45, 2.75) is 19.3 Å². The topological polar surface area (TPSA) is 68.1 Å². The lowest BCUT2D eigenvalue weighted by molar-refractivity contribution is -0.142. The van der Waals surface area contributed by atoms with E-state index in [1.54, 1.807) is 0 Å². The van der Waals surface area contributed by atoms with Crippen molar-refractivity contribution in [2.24, 2.45) is 5.16 Å². The molecule has 0 aromatic heterocycles. The lowest BCUT2D eigenvalue weighted by Gasteiger charge is -1.99. The Labute approximate surface area is 76.3 Å². The molecule has 0 atom stereocenters. The fraction of sp³-hybridized carbons (Fsp3) is 0.750. The Morgan fingerprint density at radius 3 is 3.15 bits per heavy atom. The summed E-state index contributed by atoms with van der Waals surface area (Å²) in [5.41, 5.74) is 0.888. The van der Waals surface area contributed by atoms with Gasteiger partial charge in [0.1, 0.15) is 0 Å². The molecule has 5 nitrogen and oxygen atoms in total. The van der Waals surface area contributed by atoms with E-state index in [2.05, 4.69) is 9.99 Å². The molecule has 1 heterocycles. The average Bonchev–Trinajstić information content (AvgIpc) is 2.32. The number of ether oxygens (including phenoxy) is 1. The highest BCUT2D eigenvalue weighted by atomic mass is 16.6. The summed E-state index contributed by atoms with van der Waals surface area (Å²) in [6.07, 6.45) is 2.49. The Hall–Kier alpha value is -1.10. The van der Waals surface area contributed by atoms with Crippen molar-refractivity contribution in [1.29, 1.82) is 0 Å². The summed E-state index contributed by atoms with van der Waals surface area (Å²) in [4.78, 5) is 14.7. The molecule has 74 valence electrons. The van der Waals surface area contributed by atoms with Gasteiger partial charge in [0, 0.05) is 13.0 Å². The highest BCUT2D eigenvalue weighted by molar-refractivity contribution is 5.84. The highest BCUT2D eigenvalue weighted by Gasteiger charge is 2.06. The van der Waals surface area contributed by atoms with Crippen LogP contribution in [-0.4, -0.2) is 36.6 Å². The first-order valence-corrected chi connectivity index (χ1v) is 4.26. The van der Waals surface area contributed by atoms with Crippen LogP contribution < -0.4 is 0 Å². The lowest BCUT2D eigenvalue weighted by Crippen LogP contribution is -2.06. The van der Waals surface area contributed by atoms with Gasteiger partial charge in [-0.1, -0.05) is 5.16 Å². The van der Waals surface area contributed by atoms with Crippen molar-refractivity contribution in [2.75, 3.05) is 19.8 Å². The molecular weight excluding hydrogens is 174 g/mol. The van der Waals surface area contributed by atoms with Gasteiger partial charge in [0.05, 0.1) is 12.3 Å². The summed E-state index contributed by atoms with van der Waals surface area (Å²) in [7, 11) is 0. The van der Waals surface area contributed by atoms with Crippen LogP contribution in [0.5, 0.6) is 0 Å². The second kappa shape index (κ2) is 5.53. The van der Waals surface area contributed by atoms with E-state index >= 15 is 0 Å². The second-order valence-electron chi connectivity index (χ2n) is 2.79. The third kappa shape index (κ3) is 4.47. The first-order valence-electron chi connectivity index (χ1n) is 4.26. The summed E-state index contributed by atoms with van der Waals surface area (Å²) in [6, 6.07) is 0. The third-order valence-corrected chi connectivity index (χ3v) is 1.67. The second-order valence-corrected chi connectivity index (χ2v) is 2.79. The van der Waals surface area contributed by atoms with Crippen LogP contribution in [0.25, 0.3) is 0 Å². The van der Waals surface area contributed by atoms with E-state index < -0.39 is 5.97 Å². The average molecular weight is 187 g/mol. The molecule has 0 amide bonds. The maximum absolute atomic E-state index is 10.1. The zero-order valence-electron chi connectivity index (χ0n) is 7.36. The Bertz CT molecular complexity index is 192. The minimum absolute atomic E-state index is 0.371. The summed E-state index contributed by atoms with van der Waals surface area (Å²) in [5.74, 6) is -1.01. The third-order valence-electron chi connectivity index (χ3n) is 1.67. The van der Waals surface area contributed by atoms with E-state index in [0.29, 0.717) is 6.61 Å². The van der Waals surface area contributed by atoms with Crippen molar-refractivity contribution in [1.82, 2.24) is 0 Å². The Kier molecular flexibility index (Phi) is 4.25. The summed E-state index contributed by atoms with van der Waals surface area (Å²) < 4.78 is 5.20. The number of carboxylic acids is 1. The predicted molar refractivity (Wildman–Crippen MR) is 45.7 cm³/mol. The molecule has 1 aliphatic heterocycles. The predicted octanol–water partition coefficient (Wildman–Crippen LogP) is 0.644. The van der Waals surface area contributed by atoms with Crippen LogP contribution in [0.2, 0.25) is 0 Å². The van der Waals surface area contributed by atoms with Crippen molar-refractivity contribution in [3.63, 3.8) is 0 Å². The zero-order valence-corrected chi connectivity index (χ0v) is 7.36. The summed E-state index contributed by atoms with van der Waals surface area (Å²) in [5, 5.41) is 12.0. The molecule has 0 bridgehead atoms. The molecule has 5 heteroatoms. The van der Waals surface area contributed by atoms with Crippen molar-refractivity contribution < 1.29 is 19.5 Å². The molecule has 1 fully saturated rings. The van der Waals surface area contributed by atoms with E-state index in [4.69, 9.17) is 9.84 Å². The number of carboxylic acid groups (broad SMARTS) is 1. The minimum Gasteiger partial charge on any atom is -0.479 e. The standard InChI is InChI=1S/C8H13NO4/c10-8(11)6-13-9-7-2-1-4-12-5-3-7/h1-6H2,(H,10,11). The molecule has 13 heavy (non-hydrogen) atoms. The van der Waals surface area contributed by atoms with Crippen LogP contribution in [0.15, 0.2) is 5.16 Å². The maximum atomic E-state index is 10.1. The zero-order chi connectivity index (χ0) is 9.52. The Morgan fingerprint density at radius 1 is 1.54 bits per heavy atom. The van der Waals surface area contributed by atoms with Gasteiger partial charge in [-0.15, -0.1) is 0 Å². The van der Waals surface area contributed by atoms with Gasteiger partial charge in [-0.05, 0) is 12.8 Å². The number of carbonyl (C=O) groups is 1. The van der Waals surface area contributed by atoms with Gasteiger partial charge < -0.3 is 14.7 Å². The largest absolute Gasteiger partial charge is 0.479 e. The fourth-order valence-corrected chi connectivity index (χ4v) is 1.07. The number of hydrogen-bond donors (Lipinski definition) is 1. The van der Waals surface area contributed by atoms with Gasteiger partial charge in [0.15, 0.2) is 0 Å². The summed E-state index contributed by atoms with van der Waals surface area (Å²) in [6.45, 7) is 1.03. The molecule has 0 radical (unpaired) electrons. The van der Waals surface area contributed by atoms with Gasteiger partial charge >= 0.3 is 5.97 Å². The molecule has 0 saturated carbocycles. The SMILES string of the molecule is O=C(O)CON=C1CCCOCC1. The van der Waals surface area contributed by atoms with Gasteiger partial charge in [-0.25, -0.2) is 4.79 Å². The number of rotatable bonds is 3. The van der Waals surface area contributed by atoms with Crippen LogP contribution in [0, 0.1) is 0 Å². The molecule has 0 unspecified atom stereocenters. The maximum Gasteiger partial charge on any atom is 0.344 e. The smallest absolute Gasteiger partial charge is 0.344 e. The molecule has 1 aliphatic rings. The van der Waals surface area contributed by atoms with E-state index in [1.807, 2.05) is 0 Å². The number of hydrogen-bond acceptors (Lipinski definition) is 4. The molecule has 0 aromatic carbocycles. The fourth-order valence-electron chi connectivity index (χ4n) is 1.07. The first kappa shape index (κ1) is 9.98. The Morgan fingerprint density at radius 2 is 2.38 bits per heavy atom. The van der Waals surface area contributed by atoms with Crippen molar-refractivity contribution >= 4 is 11.7 Å². The lowest BCUT2D eigenvalue weighted by atomic mass is 10.2. The molecule has 0 spiro atoms. The number of aliphatic carboxylic acids is 1. The molecule has 0 aromatic rings. The van der Waals surface area contributed by atoms with E-state index in [9.17, 15) is 4.79 Å². The summed E-state index contributed by atoms with van der Waals surface area (Å²) >= 11 is 0. The first-order chi connectivity index (χ1) is 6.29. The van der Waals surface area contributed by atoms with E-state index in [-0.39, 0.29) is 6.61 Å². The van der Waals surface area contributed by atoms with Crippen LogP contribution in [-0.2, 0) is 14.4 Å². The molecular formula is C8H13NO4. The van der Waals surface area contributed by atoms with Gasteiger partial charge in [-0.3, -0.25) is 0 Å². The van der Waals surface area contributed by atoms with Crippen LogP contribution in [0.1, 0.15) is 19.3 Å². The monoisotopic (exact) mass is 187 g/mol. The van der Waals surface area contributed by atoms with Crippen LogP contribution in [0.4, 0.5) is 0 Å². The molecule has 1 saturated heterocycles. The van der Waals surface area contributed by atoms with E-state index in [0.717, 1.165) is 31.6 Å². The molecule has 0 aliphatic carbocycles. The quantitative estimate of drug-likeness (QED) is 0.658.